The van der Waals surface area contributed by atoms with Gasteiger partial charge in [0.25, 0.3) is 5.91 Å². The molecule has 8 nitrogen and oxygen atoms in total. The number of carbonyl (C=O) groups is 2. The van der Waals surface area contributed by atoms with E-state index in [9.17, 15) is 18.0 Å². The summed E-state index contributed by atoms with van der Waals surface area (Å²) in [6.45, 7) is 3.02. The molecule has 0 spiro atoms. The summed E-state index contributed by atoms with van der Waals surface area (Å²) in [5, 5.41) is 4.65. The number of sulfonamides is 1. The maximum atomic E-state index is 13.1. The van der Waals surface area contributed by atoms with Crippen LogP contribution in [0.2, 0.25) is 0 Å². The predicted molar refractivity (Wildman–Crippen MR) is 113 cm³/mol. The van der Waals surface area contributed by atoms with Crippen LogP contribution in [0.1, 0.15) is 18.2 Å². The van der Waals surface area contributed by atoms with Crippen molar-refractivity contribution < 1.29 is 22.7 Å². The van der Waals surface area contributed by atoms with Crippen molar-refractivity contribution in [3.05, 3.63) is 40.6 Å². The van der Waals surface area contributed by atoms with E-state index in [2.05, 4.69) is 5.32 Å². The lowest BCUT2D eigenvalue weighted by atomic mass is 10.2. The lowest BCUT2D eigenvalue weighted by Gasteiger charge is -2.34. The van der Waals surface area contributed by atoms with Crippen LogP contribution in [0.15, 0.2) is 40.6 Å². The van der Waals surface area contributed by atoms with Gasteiger partial charge in [0.2, 0.25) is 15.9 Å². The zero-order valence-corrected chi connectivity index (χ0v) is 18.2. The number of carbonyl (C=O) groups excluding carboxylic acids is 2. The fourth-order valence-electron chi connectivity index (χ4n) is 3.56. The third-order valence-electron chi connectivity index (χ3n) is 5.28. The van der Waals surface area contributed by atoms with E-state index in [-0.39, 0.29) is 29.8 Å². The van der Waals surface area contributed by atoms with Gasteiger partial charge >= 0.3 is 0 Å². The van der Waals surface area contributed by atoms with E-state index in [1.54, 1.807) is 11.0 Å². The number of anilines is 1. The molecule has 2 aliphatic heterocycles. The maximum Gasteiger partial charge on any atom is 0.265 e. The van der Waals surface area contributed by atoms with Crippen LogP contribution in [0.5, 0.6) is 5.75 Å². The molecule has 30 heavy (non-hydrogen) atoms. The first-order chi connectivity index (χ1) is 14.4. The van der Waals surface area contributed by atoms with Crippen molar-refractivity contribution in [1.82, 2.24) is 9.21 Å². The van der Waals surface area contributed by atoms with Crippen LogP contribution < -0.4 is 10.1 Å². The number of nitrogens with one attached hydrogen (secondary N) is 1. The van der Waals surface area contributed by atoms with Gasteiger partial charge in [-0.2, -0.15) is 4.31 Å². The van der Waals surface area contributed by atoms with Crippen LogP contribution in [-0.4, -0.2) is 61.7 Å². The van der Waals surface area contributed by atoms with E-state index in [1.807, 2.05) is 24.4 Å². The first-order valence-corrected chi connectivity index (χ1v) is 12.1. The largest absolute Gasteiger partial charge is 0.478 e. The number of piperazine rings is 1. The molecule has 0 aliphatic carbocycles. The number of nitrogens with zero attached hydrogens (tertiary/aromatic N) is 2. The van der Waals surface area contributed by atoms with Crippen molar-refractivity contribution in [1.29, 1.82) is 0 Å². The predicted octanol–water partition coefficient (Wildman–Crippen LogP) is 1.93. The topological polar surface area (TPSA) is 96.0 Å². The number of ether oxygens (including phenoxy) is 1. The van der Waals surface area contributed by atoms with Gasteiger partial charge in [0.1, 0.15) is 5.75 Å². The van der Waals surface area contributed by atoms with Crippen LogP contribution in [0, 0.1) is 0 Å². The monoisotopic (exact) mass is 449 g/mol. The Bertz CT molecular complexity index is 1040. The number of rotatable bonds is 5. The third-order valence-corrected chi connectivity index (χ3v) is 8.05. The van der Waals surface area contributed by atoms with E-state index in [0.717, 1.165) is 4.88 Å². The van der Waals surface area contributed by atoms with Crippen LogP contribution in [0.3, 0.4) is 0 Å². The second kappa shape index (κ2) is 8.37. The molecule has 2 aliphatic rings. The highest BCUT2D eigenvalue weighted by molar-refractivity contribution is 7.89. The SMILES string of the molecule is CC[C@@H]1Oc2ccc(S(=O)(=O)N3CCN(C(=O)Cc4cccs4)CC3)cc2NC1=O. The number of hydrogen-bond donors (Lipinski definition) is 1. The van der Waals surface area contributed by atoms with Crippen LogP contribution in [0.25, 0.3) is 0 Å². The molecule has 1 atom stereocenters. The van der Waals surface area contributed by atoms with Crippen molar-refractivity contribution in [3.63, 3.8) is 0 Å². The average molecular weight is 450 g/mol. The lowest BCUT2D eigenvalue weighted by Crippen LogP contribution is -2.50. The van der Waals surface area contributed by atoms with Gasteiger partial charge in [-0.15, -0.1) is 11.3 Å². The van der Waals surface area contributed by atoms with Crippen molar-refractivity contribution in [2.45, 2.75) is 30.8 Å². The summed E-state index contributed by atoms with van der Waals surface area (Å²) in [6.07, 6.45) is 0.300. The molecule has 1 N–H and O–H groups in total. The zero-order valence-electron chi connectivity index (χ0n) is 16.5. The molecule has 0 bridgehead atoms. The second-order valence-electron chi connectivity index (χ2n) is 7.20. The summed E-state index contributed by atoms with van der Waals surface area (Å²) < 4.78 is 33.2. The fourth-order valence-corrected chi connectivity index (χ4v) is 5.70. The fraction of sp³-hybridized carbons (Fsp3) is 0.400. The summed E-state index contributed by atoms with van der Waals surface area (Å²) in [6, 6.07) is 8.33. The minimum Gasteiger partial charge on any atom is -0.478 e. The van der Waals surface area contributed by atoms with E-state index in [4.69, 9.17) is 4.74 Å². The standard InChI is InChI=1S/C20H23N3O5S2/c1-2-17-20(25)21-16-13-15(5-6-18(16)28-17)30(26,27)23-9-7-22(8-10-23)19(24)12-14-4-3-11-29-14/h3-6,11,13,17H,2,7-10,12H2,1H3,(H,21,25)/t17-/m0/s1. The number of thiophene rings is 1. The minimum atomic E-state index is -3.74. The van der Waals surface area contributed by atoms with Gasteiger partial charge in [0.05, 0.1) is 17.0 Å². The molecule has 10 heteroatoms. The molecule has 1 saturated heterocycles. The second-order valence-corrected chi connectivity index (χ2v) is 10.2. The smallest absolute Gasteiger partial charge is 0.265 e. The Labute approximate surface area is 179 Å². The maximum absolute atomic E-state index is 13.1. The Morgan fingerprint density at radius 1 is 1.23 bits per heavy atom. The quantitative estimate of drug-likeness (QED) is 0.753. The highest BCUT2D eigenvalue weighted by Crippen LogP contribution is 2.33. The van der Waals surface area contributed by atoms with Crippen molar-refractivity contribution in [3.8, 4) is 5.75 Å². The number of hydrogen-bond acceptors (Lipinski definition) is 6. The van der Waals surface area contributed by atoms with E-state index in [1.165, 1.54) is 27.8 Å². The van der Waals surface area contributed by atoms with Gasteiger partial charge < -0.3 is 15.0 Å². The Morgan fingerprint density at radius 3 is 2.67 bits per heavy atom. The van der Waals surface area contributed by atoms with Gasteiger partial charge in [0.15, 0.2) is 6.10 Å². The van der Waals surface area contributed by atoms with Crippen molar-refractivity contribution >= 4 is 38.9 Å². The Morgan fingerprint density at radius 2 is 2.00 bits per heavy atom. The number of amides is 2. The van der Waals surface area contributed by atoms with Crippen molar-refractivity contribution in [2.75, 3.05) is 31.5 Å². The molecule has 4 rings (SSSR count). The van der Waals surface area contributed by atoms with Crippen molar-refractivity contribution in [2.24, 2.45) is 0 Å². The third kappa shape index (κ3) is 4.07. The van der Waals surface area contributed by atoms with Gasteiger partial charge in [-0.3, -0.25) is 9.59 Å². The van der Waals surface area contributed by atoms with Crippen LogP contribution >= 0.6 is 11.3 Å². The Kier molecular flexibility index (Phi) is 5.81. The van der Waals surface area contributed by atoms with E-state index >= 15 is 0 Å². The van der Waals surface area contributed by atoms with E-state index in [0.29, 0.717) is 37.4 Å². The molecule has 0 unspecified atom stereocenters. The molecule has 0 radical (unpaired) electrons. The summed E-state index contributed by atoms with van der Waals surface area (Å²) in [5.74, 6) is 0.190. The molecular weight excluding hydrogens is 426 g/mol. The van der Waals surface area contributed by atoms with E-state index < -0.39 is 16.1 Å². The molecule has 1 aromatic heterocycles. The molecule has 2 aromatic rings. The summed E-state index contributed by atoms with van der Waals surface area (Å²) in [7, 11) is -3.74. The normalized spacial score (nSPS) is 19.7. The highest BCUT2D eigenvalue weighted by atomic mass is 32.2. The van der Waals surface area contributed by atoms with Crippen LogP contribution in [-0.2, 0) is 26.0 Å². The first-order valence-electron chi connectivity index (χ1n) is 9.80. The van der Waals surface area contributed by atoms with Gasteiger partial charge in [-0.05, 0) is 36.1 Å². The first kappa shape index (κ1) is 20.8. The Hall–Kier alpha value is -2.43. The molecular formula is C20H23N3O5S2. The van der Waals surface area contributed by atoms with Gasteiger partial charge in [-0.25, -0.2) is 8.42 Å². The summed E-state index contributed by atoms with van der Waals surface area (Å²) in [5.41, 5.74) is 0.357. The lowest BCUT2D eigenvalue weighted by molar-refractivity contribution is -0.131. The molecule has 3 heterocycles. The number of benzene rings is 1. The molecule has 1 fully saturated rings. The van der Waals surface area contributed by atoms with Gasteiger partial charge in [0, 0.05) is 31.1 Å². The van der Waals surface area contributed by atoms with Crippen LogP contribution in [0.4, 0.5) is 5.69 Å². The molecule has 160 valence electrons. The summed E-state index contributed by atoms with van der Waals surface area (Å²) >= 11 is 1.54. The summed E-state index contributed by atoms with van der Waals surface area (Å²) in [4.78, 5) is 27.3. The Balaban J connectivity index is 1.43. The molecule has 1 aromatic carbocycles. The molecule has 0 saturated carbocycles. The minimum absolute atomic E-state index is 0.00798. The number of fused-ring (bicyclic) bond motifs is 1. The zero-order chi connectivity index (χ0) is 21.3. The molecule has 2 amide bonds. The van der Waals surface area contributed by atoms with Gasteiger partial charge in [-0.1, -0.05) is 13.0 Å². The highest BCUT2D eigenvalue weighted by Gasteiger charge is 2.32. The average Bonchev–Trinajstić information content (AvgIpc) is 3.26.